The maximum absolute atomic E-state index is 12.1. The summed E-state index contributed by atoms with van der Waals surface area (Å²) in [5, 5.41) is 2.79. The number of oxazole rings is 1. The number of hydrogen-bond donors (Lipinski definition) is 1. The number of pyridine rings is 1. The molecule has 0 aliphatic rings. The topological polar surface area (TPSA) is 77.1 Å². The summed E-state index contributed by atoms with van der Waals surface area (Å²) in [6.07, 6.45) is 1.68. The number of nitrogens with zero attached hydrogens (tertiary/aromatic N) is 2. The van der Waals surface area contributed by atoms with Crippen LogP contribution in [0.3, 0.4) is 0 Å². The molecule has 2 aromatic heterocycles. The number of carbonyl (C=O) groups excluding carboxylic acids is 1. The first kappa shape index (κ1) is 13.1. The molecule has 1 N–H and O–H groups in total. The van der Waals surface area contributed by atoms with Gasteiger partial charge in [0.15, 0.2) is 5.58 Å². The van der Waals surface area contributed by atoms with E-state index in [0.717, 1.165) is 5.69 Å². The van der Waals surface area contributed by atoms with Gasteiger partial charge < -0.3 is 9.73 Å². The summed E-state index contributed by atoms with van der Waals surface area (Å²) in [6.45, 7) is 0.349. The van der Waals surface area contributed by atoms with Crippen LogP contribution in [0.5, 0.6) is 0 Å². The van der Waals surface area contributed by atoms with Gasteiger partial charge in [-0.15, -0.1) is 0 Å². The predicted octanol–water partition coefficient (Wildman–Crippen LogP) is 1.46. The average molecular weight is 283 g/mol. The SMILES string of the molecule is Cn1c(=O)oc2ccc(C(=O)NCc3ccccn3)cc21. The number of hydrogen-bond acceptors (Lipinski definition) is 4. The van der Waals surface area contributed by atoms with Crippen LogP contribution in [0.2, 0.25) is 0 Å². The number of nitrogens with one attached hydrogen (secondary N) is 1. The van der Waals surface area contributed by atoms with Crippen molar-refractivity contribution in [3.8, 4) is 0 Å². The molecular weight excluding hydrogens is 270 g/mol. The Balaban J connectivity index is 1.81. The number of rotatable bonds is 3. The van der Waals surface area contributed by atoms with Crippen LogP contribution >= 0.6 is 0 Å². The summed E-state index contributed by atoms with van der Waals surface area (Å²) in [6, 6.07) is 10.4. The first-order valence-electron chi connectivity index (χ1n) is 6.43. The van der Waals surface area contributed by atoms with E-state index < -0.39 is 5.76 Å². The Labute approximate surface area is 120 Å². The highest BCUT2D eigenvalue weighted by Gasteiger charge is 2.11. The summed E-state index contributed by atoms with van der Waals surface area (Å²) in [4.78, 5) is 27.7. The molecule has 21 heavy (non-hydrogen) atoms. The standard InChI is InChI=1S/C15H13N3O3/c1-18-12-8-10(5-6-13(12)21-15(18)20)14(19)17-9-11-4-2-3-7-16-11/h2-8H,9H2,1H3,(H,17,19). The van der Waals surface area contributed by atoms with Crippen LogP contribution in [0.15, 0.2) is 51.8 Å². The Bertz CT molecular complexity index is 849. The second-order valence-corrected chi connectivity index (χ2v) is 4.61. The molecule has 0 saturated heterocycles. The molecule has 6 nitrogen and oxygen atoms in total. The highest BCUT2D eigenvalue weighted by atomic mass is 16.4. The van der Waals surface area contributed by atoms with E-state index in [1.54, 1.807) is 31.4 Å². The van der Waals surface area contributed by atoms with Crippen LogP contribution in [-0.4, -0.2) is 15.5 Å². The zero-order valence-corrected chi connectivity index (χ0v) is 11.4. The van der Waals surface area contributed by atoms with Gasteiger partial charge >= 0.3 is 5.76 Å². The van der Waals surface area contributed by atoms with Gasteiger partial charge in [-0.2, -0.15) is 0 Å². The van der Waals surface area contributed by atoms with E-state index in [1.165, 1.54) is 4.57 Å². The lowest BCUT2D eigenvalue weighted by atomic mass is 10.2. The van der Waals surface area contributed by atoms with E-state index in [0.29, 0.717) is 23.2 Å². The number of aromatic nitrogens is 2. The maximum Gasteiger partial charge on any atom is 0.419 e. The van der Waals surface area contributed by atoms with Crippen LogP contribution < -0.4 is 11.1 Å². The van der Waals surface area contributed by atoms with Crippen molar-refractivity contribution in [3.63, 3.8) is 0 Å². The first-order chi connectivity index (χ1) is 10.1. The Morgan fingerprint density at radius 2 is 2.19 bits per heavy atom. The fourth-order valence-corrected chi connectivity index (χ4v) is 2.04. The van der Waals surface area contributed by atoms with Gasteiger partial charge in [-0.1, -0.05) is 6.07 Å². The zero-order valence-electron chi connectivity index (χ0n) is 11.4. The molecule has 3 rings (SSSR count). The van der Waals surface area contributed by atoms with Crippen molar-refractivity contribution in [2.75, 3.05) is 0 Å². The maximum atomic E-state index is 12.1. The highest BCUT2D eigenvalue weighted by Crippen LogP contribution is 2.14. The third kappa shape index (κ3) is 2.55. The molecule has 0 spiro atoms. The lowest BCUT2D eigenvalue weighted by molar-refractivity contribution is 0.0950. The van der Waals surface area contributed by atoms with Gasteiger partial charge in [-0.25, -0.2) is 4.79 Å². The average Bonchev–Trinajstić information content (AvgIpc) is 2.80. The van der Waals surface area contributed by atoms with Crippen molar-refractivity contribution in [3.05, 3.63) is 64.4 Å². The van der Waals surface area contributed by atoms with Gasteiger partial charge in [0.05, 0.1) is 17.8 Å². The molecule has 1 aromatic carbocycles. The Morgan fingerprint density at radius 3 is 2.95 bits per heavy atom. The Morgan fingerprint density at radius 1 is 1.33 bits per heavy atom. The smallest absolute Gasteiger partial charge is 0.408 e. The summed E-state index contributed by atoms with van der Waals surface area (Å²) in [7, 11) is 1.60. The van der Waals surface area contributed by atoms with E-state index in [9.17, 15) is 9.59 Å². The van der Waals surface area contributed by atoms with Gasteiger partial charge in [-0.05, 0) is 30.3 Å². The number of fused-ring (bicyclic) bond motifs is 1. The molecule has 0 radical (unpaired) electrons. The first-order valence-corrected chi connectivity index (χ1v) is 6.43. The molecule has 1 amide bonds. The van der Waals surface area contributed by atoms with Crippen molar-refractivity contribution in [2.45, 2.75) is 6.54 Å². The van der Waals surface area contributed by atoms with E-state index in [2.05, 4.69) is 10.3 Å². The van der Waals surface area contributed by atoms with E-state index in [-0.39, 0.29) is 5.91 Å². The fraction of sp³-hybridized carbons (Fsp3) is 0.133. The van der Waals surface area contributed by atoms with Gasteiger partial charge in [0, 0.05) is 18.8 Å². The summed E-state index contributed by atoms with van der Waals surface area (Å²) in [5.74, 6) is -0.674. The predicted molar refractivity (Wildman–Crippen MR) is 76.9 cm³/mol. The van der Waals surface area contributed by atoms with Crippen molar-refractivity contribution in [1.82, 2.24) is 14.9 Å². The molecule has 6 heteroatoms. The van der Waals surface area contributed by atoms with E-state index in [4.69, 9.17) is 4.42 Å². The molecule has 0 fully saturated rings. The van der Waals surface area contributed by atoms with Crippen molar-refractivity contribution >= 4 is 17.0 Å². The minimum Gasteiger partial charge on any atom is -0.408 e. The van der Waals surface area contributed by atoms with Crippen molar-refractivity contribution < 1.29 is 9.21 Å². The van der Waals surface area contributed by atoms with Crippen LogP contribution in [-0.2, 0) is 13.6 Å². The van der Waals surface area contributed by atoms with Gasteiger partial charge in [0.25, 0.3) is 5.91 Å². The highest BCUT2D eigenvalue weighted by molar-refractivity contribution is 5.97. The molecule has 0 saturated carbocycles. The zero-order chi connectivity index (χ0) is 14.8. The number of benzene rings is 1. The minimum absolute atomic E-state index is 0.226. The molecule has 0 aliphatic heterocycles. The monoisotopic (exact) mass is 283 g/mol. The largest absolute Gasteiger partial charge is 0.419 e. The summed E-state index contributed by atoms with van der Waals surface area (Å²) >= 11 is 0. The van der Waals surface area contributed by atoms with Crippen LogP contribution in [0.4, 0.5) is 0 Å². The lowest BCUT2D eigenvalue weighted by Crippen LogP contribution is -2.23. The molecule has 0 atom stereocenters. The van der Waals surface area contributed by atoms with Crippen molar-refractivity contribution in [1.29, 1.82) is 0 Å². The number of amides is 1. The van der Waals surface area contributed by atoms with Crippen molar-refractivity contribution in [2.24, 2.45) is 7.05 Å². The summed E-state index contributed by atoms with van der Waals surface area (Å²) in [5.41, 5.74) is 2.30. The van der Waals surface area contributed by atoms with Gasteiger partial charge in [0.2, 0.25) is 0 Å². The lowest BCUT2D eigenvalue weighted by Gasteiger charge is -2.05. The van der Waals surface area contributed by atoms with Crippen LogP contribution in [0, 0.1) is 0 Å². The quantitative estimate of drug-likeness (QED) is 0.789. The van der Waals surface area contributed by atoms with Crippen LogP contribution in [0.1, 0.15) is 16.1 Å². The fourth-order valence-electron chi connectivity index (χ4n) is 2.04. The van der Waals surface area contributed by atoms with Gasteiger partial charge in [0.1, 0.15) is 0 Å². The Hall–Kier alpha value is -2.89. The molecule has 2 heterocycles. The van der Waals surface area contributed by atoms with Crippen LogP contribution in [0.25, 0.3) is 11.1 Å². The molecule has 0 unspecified atom stereocenters. The number of aryl methyl sites for hydroxylation is 1. The van der Waals surface area contributed by atoms with E-state index >= 15 is 0 Å². The Kier molecular flexibility index (Phi) is 3.27. The molecule has 106 valence electrons. The minimum atomic E-state index is -0.448. The third-order valence-electron chi connectivity index (χ3n) is 3.21. The van der Waals surface area contributed by atoms with E-state index in [1.807, 2.05) is 18.2 Å². The number of carbonyl (C=O) groups is 1. The normalized spacial score (nSPS) is 10.7. The molecule has 3 aromatic rings. The summed E-state index contributed by atoms with van der Waals surface area (Å²) < 4.78 is 6.39. The second kappa shape index (κ2) is 5.24. The molecular formula is C15H13N3O3. The molecule has 0 aliphatic carbocycles. The molecule has 0 bridgehead atoms. The van der Waals surface area contributed by atoms with Gasteiger partial charge in [-0.3, -0.25) is 14.3 Å². The third-order valence-corrected chi connectivity index (χ3v) is 3.21. The second-order valence-electron chi connectivity index (χ2n) is 4.61.